The molecular formula is C19H14N2O5S. The van der Waals surface area contributed by atoms with Gasteiger partial charge in [-0.1, -0.05) is 18.2 Å². The molecule has 136 valence electrons. The van der Waals surface area contributed by atoms with Crippen molar-refractivity contribution in [2.75, 3.05) is 6.61 Å². The van der Waals surface area contributed by atoms with E-state index in [-0.39, 0.29) is 18.1 Å². The van der Waals surface area contributed by atoms with Crippen molar-refractivity contribution in [3.63, 3.8) is 0 Å². The normalized spacial score (nSPS) is 15.7. The summed E-state index contributed by atoms with van der Waals surface area (Å²) in [5.41, 5.74) is 2.08. The number of nitrogens with zero attached hydrogens (tertiary/aromatic N) is 2. The Hall–Kier alpha value is -3.13. The maximum Gasteiger partial charge on any atom is 0.341 e. The zero-order valence-electron chi connectivity index (χ0n) is 14.2. The van der Waals surface area contributed by atoms with Crippen LogP contribution in [0.5, 0.6) is 0 Å². The molecule has 27 heavy (non-hydrogen) atoms. The molecule has 1 aromatic carbocycles. The number of nitro groups is 1. The minimum absolute atomic E-state index is 0.0341. The van der Waals surface area contributed by atoms with Crippen LogP contribution >= 0.6 is 11.8 Å². The van der Waals surface area contributed by atoms with Crippen LogP contribution in [0.15, 0.2) is 53.6 Å². The van der Waals surface area contributed by atoms with Gasteiger partial charge in [0.05, 0.1) is 32.8 Å². The molecule has 0 fully saturated rings. The number of carbonyl (C=O) groups excluding carboxylic acids is 2. The van der Waals surface area contributed by atoms with Crippen molar-refractivity contribution in [2.45, 2.75) is 17.1 Å². The molecule has 1 atom stereocenters. The molecule has 0 N–H and O–H groups in total. The molecular weight excluding hydrogens is 368 g/mol. The van der Waals surface area contributed by atoms with Crippen LogP contribution in [0.4, 0.5) is 5.69 Å². The Morgan fingerprint density at radius 3 is 2.67 bits per heavy atom. The number of hydrogen-bond acceptors (Lipinski definition) is 6. The first-order chi connectivity index (χ1) is 13.0. The van der Waals surface area contributed by atoms with Crippen LogP contribution in [0.3, 0.4) is 0 Å². The Balaban J connectivity index is 1.81. The third-order valence-corrected chi connectivity index (χ3v) is 5.75. The number of thioether (sulfide) groups is 1. The Kier molecular flexibility index (Phi) is 4.19. The lowest BCUT2D eigenvalue weighted by Gasteiger charge is -2.10. The fourth-order valence-electron chi connectivity index (χ4n) is 3.22. The van der Waals surface area contributed by atoms with Crippen molar-refractivity contribution < 1.29 is 19.2 Å². The molecule has 3 aromatic rings. The second-order valence-corrected chi connectivity index (χ2v) is 7.06. The average Bonchev–Trinajstić information content (AvgIpc) is 3.16. The van der Waals surface area contributed by atoms with Crippen LogP contribution in [-0.2, 0) is 4.74 Å². The van der Waals surface area contributed by atoms with E-state index in [0.29, 0.717) is 27.2 Å². The minimum Gasteiger partial charge on any atom is -0.462 e. The van der Waals surface area contributed by atoms with Gasteiger partial charge in [0.25, 0.3) is 5.69 Å². The second-order valence-electron chi connectivity index (χ2n) is 5.94. The number of benzene rings is 1. The van der Waals surface area contributed by atoms with Crippen molar-refractivity contribution >= 4 is 34.7 Å². The van der Waals surface area contributed by atoms with E-state index in [0.717, 1.165) is 0 Å². The molecule has 7 nitrogen and oxygen atoms in total. The average molecular weight is 382 g/mol. The van der Waals surface area contributed by atoms with Crippen LogP contribution < -0.4 is 0 Å². The zero-order valence-corrected chi connectivity index (χ0v) is 15.1. The molecule has 4 rings (SSSR count). The summed E-state index contributed by atoms with van der Waals surface area (Å²) in [5, 5.41) is 10.3. The van der Waals surface area contributed by atoms with Crippen LogP contribution in [0.2, 0.25) is 0 Å². The Bertz CT molecular complexity index is 1090. The number of aromatic nitrogens is 1. The summed E-state index contributed by atoms with van der Waals surface area (Å²) in [6, 6.07) is 11.3. The molecule has 0 radical (unpaired) electrons. The summed E-state index contributed by atoms with van der Waals surface area (Å²) in [4.78, 5) is 36.6. The minimum atomic E-state index is -0.555. The predicted molar refractivity (Wildman–Crippen MR) is 99.4 cm³/mol. The fraction of sp³-hybridized carbons (Fsp3) is 0.158. The van der Waals surface area contributed by atoms with Crippen molar-refractivity contribution in [1.82, 2.24) is 4.40 Å². The van der Waals surface area contributed by atoms with Gasteiger partial charge in [0.15, 0.2) is 5.78 Å². The lowest BCUT2D eigenvalue weighted by Crippen LogP contribution is -2.08. The molecule has 1 unspecified atom stereocenters. The highest BCUT2D eigenvalue weighted by Gasteiger charge is 2.40. The molecule has 2 aromatic heterocycles. The van der Waals surface area contributed by atoms with E-state index in [1.807, 2.05) is 0 Å². The number of pyridine rings is 1. The zero-order chi connectivity index (χ0) is 19.1. The largest absolute Gasteiger partial charge is 0.462 e. The van der Waals surface area contributed by atoms with Gasteiger partial charge in [0, 0.05) is 18.3 Å². The maximum absolute atomic E-state index is 13.1. The Morgan fingerprint density at radius 1 is 1.26 bits per heavy atom. The van der Waals surface area contributed by atoms with Gasteiger partial charge in [-0.15, -0.1) is 11.8 Å². The van der Waals surface area contributed by atoms with E-state index in [9.17, 15) is 19.7 Å². The summed E-state index contributed by atoms with van der Waals surface area (Å²) >= 11 is 1.28. The first kappa shape index (κ1) is 17.3. The van der Waals surface area contributed by atoms with Gasteiger partial charge in [-0.2, -0.15) is 0 Å². The third kappa shape index (κ3) is 2.69. The molecule has 0 aliphatic carbocycles. The van der Waals surface area contributed by atoms with Gasteiger partial charge in [-0.25, -0.2) is 4.79 Å². The summed E-state index contributed by atoms with van der Waals surface area (Å²) in [5.74, 6) is -0.604. The smallest absolute Gasteiger partial charge is 0.341 e. The van der Waals surface area contributed by atoms with Crippen LogP contribution in [0.25, 0.3) is 5.52 Å². The van der Waals surface area contributed by atoms with Gasteiger partial charge in [0.2, 0.25) is 0 Å². The molecule has 0 saturated heterocycles. The number of fused-ring (bicyclic) bond motifs is 3. The van der Waals surface area contributed by atoms with Crippen molar-refractivity contribution in [3.05, 3.63) is 75.6 Å². The topological polar surface area (TPSA) is 90.9 Å². The van der Waals surface area contributed by atoms with Crippen LogP contribution in [-0.4, -0.2) is 27.7 Å². The van der Waals surface area contributed by atoms with Gasteiger partial charge in [-0.3, -0.25) is 14.9 Å². The standard InChI is InChI=1S/C19H14N2O5S/c1-2-26-19(23)14-13-5-3-4-10-20(13)15-16(22)17(27-18(14)15)11-6-8-12(9-7-11)21(24)25/h3-10,17H,2H2,1H3. The van der Waals surface area contributed by atoms with E-state index in [2.05, 4.69) is 0 Å². The lowest BCUT2D eigenvalue weighted by molar-refractivity contribution is -0.384. The molecule has 1 aliphatic heterocycles. The number of esters is 1. The van der Waals surface area contributed by atoms with Crippen LogP contribution in [0, 0.1) is 10.1 Å². The molecule has 0 spiro atoms. The molecule has 8 heteroatoms. The first-order valence-electron chi connectivity index (χ1n) is 8.28. The van der Waals surface area contributed by atoms with Gasteiger partial charge in [-0.05, 0) is 24.6 Å². The summed E-state index contributed by atoms with van der Waals surface area (Å²) in [7, 11) is 0. The number of hydrogen-bond donors (Lipinski definition) is 0. The highest BCUT2D eigenvalue weighted by Crippen LogP contribution is 2.50. The molecule has 0 amide bonds. The monoisotopic (exact) mass is 382 g/mol. The lowest BCUT2D eigenvalue weighted by atomic mass is 10.1. The molecule has 0 saturated carbocycles. The number of nitro benzene ring substituents is 1. The summed E-state index contributed by atoms with van der Waals surface area (Å²) in [6.07, 6.45) is 1.74. The highest BCUT2D eigenvalue weighted by molar-refractivity contribution is 8.01. The Labute approximate surface area is 158 Å². The quantitative estimate of drug-likeness (QED) is 0.384. The predicted octanol–water partition coefficient (Wildman–Crippen LogP) is 4.05. The number of rotatable bonds is 4. The van der Waals surface area contributed by atoms with Crippen molar-refractivity contribution in [3.8, 4) is 0 Å². The van der Waals surface area contributed by atoms with Crippen LogP contribution in [0.1, 0.15) is 38.6 Å². The van der Waals surface area contributed by atoms with Crippen molar-refractivity contribution in [1.29, 1.82) is 0 Å². The number of ketones is 1. The van der Waals surface area contributed by atoms with E-state index in [1.165, 1.54) is 23.9 Å². The third-order valence-electron chi connectivity index (χ3n) is 4.39. The highest BCUT2D eigenvalue weighted by atomic mass is 32.2. The first-order valence-corrected chi connectivity index (χ1v) is 9.16. The molecule has 3 heterocycles. The molecule has 1 aliphatic rings. The van der Waals surface area contributed by atoms with Gasteiger partial charge < -0.3 is 9.14 Å². The number of Topliss-reactive ketones (excluding diaryl/α,β-unsaturated/α-hetero) is 1. The summed E-state index contributed by atoms with van der Waals surface area (Å²) < 4.78 is 6.90. The van der Waals surface area contributed by atoms with E-state index < -0.39 is 16.1 Å². The summed E-state index contributed by atoms with van der Waals surface area (Å²) in [6.45, 7) is 1.97. The number of non-ortho nitro benzene ring substituents is 1. The van der Waals surface area contributed by atoms with Gasteiger partial charge >= 0.3 is 5.97 Å². The molecule has 0 bridgehead atoms. The van der Waals surface area contributed by atoms with Gasteiger partial charge in [0.1, 0.15) is 5.69 Å². The SMILES string of the molecule is CCOC(=O)c1c2c(n3ccccc13)C(=O)C(c1ccc([N+](=O)[O-])cc1)S2. The maximum atomic E-state index is 13.1. The Morgan fingerprint density at radius 2 is 2.00 bits per heavy atom. The van der Waals surface area contributed by atoms with E-state index in [1.54, 1.807) is 47.9 Å². The number of ether oxygens (including phenoxy) is 1. The van der Waals surface area contributed by atoms with E-state index >= 15 is 0 Å². The number of carbonyl (C=O) groups is 2. The van der Waals surface area contributed by atoms with Crippen molar-refractivity contribution in [2.24, 2.45) is 0 Å². The van der Waals surface area contributed by atoms with E-state index in [4.69, 9.17) is 4.74 Å². The second kappa shape index (κ2) is 6.55. The fourth-order valence-corrected chi connectivity index (χ4v) is 4.58.